The van der Waals surface area contributed by atoms with E-state index in [2.05, 4.69) is 0 Å². The molecular weight excluding hydrogens is 504 g/mol. The molecule has 0 amide bonds. The van der Waals surface area contributed by atoms with E-state index in [4.69, 9.17) is 23.4 Å². The van der Waals surface area contributed by atoms with E-state index in [-0.39, 0.29) is 23.5 Å². The summed E-state index contributed by atoms with van der Waals surface area (Å²) in [6.45, 7) is -0.767. The third-order valence-corrected chi connectivity index (χ3v) is 6.57. The Morgan fingerprint density at radius 3 is 2.24 bits per heavy atom. The van der Waals surface area contributed by atoms with E-state index in [0.29, 0.717) is 11.1 Å². The molecule has 5 rings (SSSR count). The number of fused-ring (bicyclic) bond motifs is 1. The van der Waals surface area contributed by atoms with Gasteiger partial charge in [-0.05, 0) is 12.1 Å². The maximum Gasteiger partial charge on any atom is 0.235 e. The zero-order valence-corrected chi connectivity index (χ0v) is 19.9. The summed E-state index contributed by atoms with van der Waals surface area (Å²) < 4.78 is 28.1. The van der Waals surface area contributed by atoms with Crippen molar-refractivity contribution in [3.63, 3.8) is 0 Å². The van der Waals surface area contributed by atoms with Gasteiger partial charge in [0.25, 0.3) is 0 Å². The molecule has 3 aromatic rings. The summed E-state index contributed by atoms with van der Waals surface area (Å²) >= 11 is 0. The van der Waals surface area contributed by atoms with Gasteiger partial charge in [0.2, 0.25) is 17.5 Å². The van der Waals surface area contributed by atoms with E-state index in [1.54, 1.807) is 54.6 Å². The first-order valence-corrected chi connectivity index (χ1v) is 12.0. The van der Waals surface area contributed by atoms with Crippen LogP contribution in [0.4, 0.5) is 0 Å². The van der Waals surface area contributed by atoms with Crippen LogP contribution in [-0.4, -0.2) is 99.2 Å². The molecule has 2 aromatic carbocycles. The SMILES string of the molecule is O=c1c(O[C@@H]2O[C@H](CO[C@@H]3OC[C@@H](O)[C@H](O)[C@H]3O)[C@H](O)[C@H](O)[C@H]2O)c(-c2ccccc2)oc2ccccc12. The Hall–Kier alpha value is -2.91. The third kappa shape index (κ3) is 5.06. The standard InChI is InChI=1S/C26H28O12/c27-14-10-34-25(21(32)18(14)29)35-11-16-19(30)20(31)22(33)26(37-16)38-24-17(28)13-8-4-5-9-15(13)36-23(24)12-6-2-1-3-7-12/h1-9,14,16,18-22,25-27,29-33H,10-11H2/t14-,16-,18+,19+,20+,21-,22-,25+,26+/m1/s1. The molecule has 38 heavy (non-hydrogen) atoms. The van der Waals surface area contributed by atoms with Gasteiger partial charge < -0.3 is 54.0 Å². The van der Waals surface area contributed by atoms with Gasteiger partial charge in [-0.15, -0.1) is 0 Å². The van der Waals surface area contributed by atoms with Gasteiger partial charge in [-0.1, -0.05) is 42.5 Å². The van der Waals surface area contributed by atoms with Crippen LogP contribution in [-0.2, 0) is 14.2 Å². The Morgan fingerprint density at radius 1 is 0.789 bits per heavy atom. The molecule has 0 spiro atoms. The second-order valence-corrected chi connectivity index (χ2v) is 9.17. The predicted molar refractivity (Wildman–Crippen MR) is 129 cm³/mol. The summed E-state index contributed by atoms with van der Waals surface area (Å²) in [4.78, 5) is 13.4. The molecule has 1 aromatic heterocycles. The molecule has 6 N–H and O–H groups in total. The maximum atomic E-state index is 13.4. The lowest BCUT2D eigenvalue weighted by Gasteiger charge is -2.41. The predicted octanol–water partition coefficient (Wildman–Crippen LogP) is -0.898. The molecule has 12 nitrogen and oxygen atoms in total. The summed E-state index contributed by atoms with van der Waals surface area (Å²) in [7, 11) is 0. The van der Waals surface area contributed by atoms with Crippen molar-refractivity contribution in [2.24, 2.45) is 0 Å². The van der Waals surface area contributed by atoms with Crippen LogP contribution in [0.25, 0.3) is 22.3 Å². The average Bonchev–Trinajstić information content (AvgIpc) is 2.94. The van der Waals surface area contributed by atoms with Crippen LogP contribution in [0.2, 0.25) is 0 Å². The number of aliphatic hydroxyl groups excluding tert-OH is 6. The number of hydrogen-bond acceptors (Lipinski definition) is 12. The smallest absolute Gasteiger partial charge is 0.235 e. The van der Waals surface area contributed by atoms with Crippen LogP contribution in [0.1, 0.15) is 0 Å². The van der Waals surface area contributed by atoms with Crippen molar-refractivity contribution in [3.05, 3.63) is 64.8 Å². The first-order chi connectivity index (χ1) is 18.3. The number of rotatable bonds is 6. The van der Waals surface area contributed by atoms with Crippen molar-refractivity contribution in [3.8, 4) is 17.1 Å². The van der Waals surface area contributed by atoms with Gasteiger partial charge in [0.1, 0.15) is 48.3 Å². The van der Waals surface area contributed by atoms with E-state index in [1.807, 2.05) is 0 Å². The molecule has 0 unspecified atom stereocenters. The summed E-state index contributed by atoms with van der Waals surface area (Å²) in [5, 5.41) is 61.3. The number of hydrogen-bond donors (Lipinski definition) is 6. The van der Waals surface area contributed by atoms with Crippen molar-refractivity contribution in [2.75, 3.05) is 13.2 Å². The summed E-state index contributed by atoms with van der Waals surface area (Å²) in [6, 6.07) is 15.2. The minimum Gasteiger partial charge on any atom is -0.454 e. The fourth-order valence-corrected chi connectivity index (χ4v) is 4.39. The zero-order valence-electron chi connectivity index (χ0n) is 19.9. The number of benzene rings is 2. The van der Waals surface area contributed by atoms with Crippen molar-refractivity contribution in [1.82, 2.24) is 0 Å². The van der Waals surface area contributed by atoms with Crippen LogP contribution in [0.3, 0.4) is 0 Å². The average molecular weight is 532 g/mol. The van der Waals surface area contributed by atoms with E-state index in [0.717, 1.165) is 0 Å². The van der Waals surface area contributed by atoms with Gasteiger partial charge in [-0.2, -0.15) is 0 Å². The van der Waals surface area contributed by atoms with E-state index < -0.39 is 67.3 Å². The summed E-state index contributed by atoms with van der Waals surface area (Å²) in [5.74, 6) is -0.199. The highest BCUT2D eigenvalue weighted by molar-refractivity contribution is 5.81. The molecule has 12 heteroatoms. The van der Waals surface area contributed by atoms with Crippen LogP contribution in [0.5, 0.6) is 5.75 Å². The highest BCUT2D eigenvalue weighted by atomic mass is 16.7. The normalized spacial score (nSPS) is 33.8. The first kappa shape index (κ1) is 26.7. The molecule has 0 radical (unpaired) electrons. The van der Waals surface area contributed by atoms with E-state index >= 15 is 0 Å². The number of aliphatic hydroxyl groups is 6. The zero-order chi connectivity index (χ0) is 27.0. The van der Waals surface area contributed by atoms with E-state index in [1.165, 1.54) is 0 Å². The fraction of sp³-hybridized carbons (Fsp3) is 0.423. The van der Waals surface area contributed by atoms with Crippen LogP contribution < -0.4 is 10.2 Å². The molecule has 2 aliphatic heterocycles. The fourth-order valence-electron chi connectivity index (χ4n) is 4.39. The molecule has 3 heterocycles. The molecule has 204 valence electrons. The minimum absolute atomic E-state index is 0.0739. The van der Waals surface area contributed by atoms with Crippen molar-refractivity contribution < 1.29 is 54.0 Å². The second kappa shape index (κ2) is 11.1. The van der Waals surface area contributed by atoms with Gasteiger partial charge in [0.15, 0.2) is 12.1 Å². The highest BCUT2D eigenvalue weighted by Gasteiger charge is 2.47. The molecule has 0 aliphatic carbocycles. The Kier molecular flexibility index (Phi) is 7.77. The van der Waals surface area contributed by atoms with Crippen molar-refractivity contribution in [1.29, 1.82) is 0 Å². The Bertz CT molecular complexity index is 1300. The molecule has 0 saturated carbocycles. The Balaban J connectivity index is 1.41. The van der Waals surface area contributed by atoms with Gasteiger partial charge in [-0.25, -0.2) is 0 Å². The summed E-state index contributed by atoms with van der Waals surface area (Å²) in [6.07, 6.45) is -13.8. The van der Waals surface area contributed by atoms with Gasteiger partial charge in [-0.3, -0.25) is 4.79 Å². The second-order valence-electron chi connectivity index (χ2n) is 9.17. The van der Waals surface area contributed by atoms with Gasteiger partial charge >= 0.3 is 0 Å². The van der Waals surface area contributed by atoms with Gasteiger partial charge in [0.05, 0.1) is 18.6 Å². The molecule has 2 fully saturated rings. The molecular formula is C26H28O12. The maximum absolute atomic E-state index is 13.4. The molecule has 0 bridgehead atoms. The Labute approximate surface area is 215 Å². The monoisotopic (exact) mass is 532 g/mol. The molecule has 9 atom stereocenters. The first-order valence-electron chi connectivity index (χ1n) is 12.0. The number of ether oxygens (including phenoxy) is 4. The Morgan fingerprint density at radius 2 is 1.47 bits per heavy atom. The molecule has 2 aliphatic rings. The highest BCUT2D eigenvalue weighted by Crippen LogP contribution is 2.33. The lowest BCUT2D eigenvalue weighted by atomic mass is 9.99. The van der Waals surface area contributed by atoms with E-state index in [9.17, 15) is 35.4 Å². The molecule has 2 saturated heterocycles. The topological polar surface area (TPSA) is 189 Å². The lowest BCUT2D eigenvalue weighted by molar-refractivity contribution is -0.307. The van der Waals surface area contributed by atoms with Gasteiger partial charge in [0, 0.05) is 5.56 Å². The van der Waals surface area contributed by atoms with Crippen LogP contribution in [0.15, 0.2) is 63.8 Å². The summed E-state index contributed by atoms with van der Waals surface area (Å²) in [5.41, 5.74) is 0.287. The van der Waals surface area contributed by atoms with Crippen LogP contribution >= 0.6 is 0 Å². The quantitative estimate of drug-likeness (QED) is 0.230. The van der Waals surface area contributed by atoms with Crippen molar-refractivity contribution in [2.45, 2.75) is 55.3 Å². The number of para-hydroxylation sites is 1. The lowest BCUT2D eigenvalue weighted by Crippen LogP contribution is -2.61. The van der Waals surface area contributed by atoms with Crippen molar-refractivity contribution >= 4 is 11.0 Å². The van der Waals surface area contributed by atoms with Crippen LogP contribution in [0, 0.1) is 0 Å². The minimum atomic E-state index is -1.76. The third-order valence-electron chi connectivity index (χ3n) is 6.57. The largest absolute Gasteiger partial charge is 0.454 e.